The Hall–Kier alpha value is -2.21. The molecule has 0 saturated carbocycles. The van der Waals surface area contributed by atoms with Crippen LogP contribution in [0, 0.1) is 0 Å². The molecule has 1 atom stereocenters. The van der Waals surface area contributed by atoms with Gasteiger partial charge in [-0.25, -0.2) is 4.98 Å². The van der Waals surface area contributed by atoms with Crippen molar-refractivity contribution in [1.82, 2.24) is 25.2 Å². The Bertz CT molecular complexity index is 630. The lowest BCUT2D eigenvalue weighted by Crippen LogP contribution is -2.25. The Morgan fingerprint density at radius 1 is 1.48 bits per heavy atom. The number of nitrogens with zero attached hydrogens (tertiary/aromatic N) is 3. The maximum Gasteiger partial charge on any atom is 0.270 e. The monoisotopic (exact) mass is 285 g/mol. The number of amides is 1. The van der Waals surface area contributed by atoms with Gasteiger partial charge in [-0.2, -0.15) is 0 Å². The third kappa shape index (κ3) is 3.11. The third-order valence-electron chi connectivity index (χ3n) is 3.81. The van der Waals surface area contributed by atoms with E-state index in [-0.39, 0.29) is 5.91 Å². The third-order valence-corrected chi connectivity index (χ3v) is 3.81. The molecule has 2 N–H and O–H groups in total. The molecule has 1 aliphatic rings. The molecule has 21 heavy (non-hydrogen) atoms. The number of pyridine rings is 1. The Labute approximate surface area is 123 Å². The van der Waals surface area contributed by atoms with Gasteiger partial charge in [0.05, 0.1) is 6.54 Å². The van der Waals surface area contributed by atoms with E-state index in [1.807, 2.05) is 29.9 Å². The molecule has 0 bridgehead atoms. The van der Waals surface area contributed by atoms with E-state index in [2.05, 4.69) is 20.6 Å². The molecule has 0 aliphatic carbocycles. The summed E-state index contributed by atoms with van der Waals surface area (Å²) in [6, 6.07) is 4.18. The fraction of sp³-hybridized carbons (Fsp3) is 0.400. The zero-order chi connectivity index (χ0) is 14.7. The second-order valence-corrected chi connectivity index (χ2v) is 5.26. The van der Waals surface area contributed by atoms with Gasteiger partial charge in [-0.3, -0.25) is 9.78 Å². The summed E-state index contributed by atoms with van der Waals surface area (Å²) in [6.07, 6.45) is 7.55. The molecule has 0 spiro atoms. The zero-order valence-electron chi connectivity index (χ0n) is 12.0. The number of aryl methyl sites for hydroxylation is 1. The minimum atomic E-state index is -0.169. The number of hydrogen-bond acceptors (Lipinski definition) is 4. The van der Waals surface area contributed by atoms with Crippen molar-refractivity contribution >= 4 is 5.91 Å². The predicted molar refractivity (Wildman–Crippen MR) is 78.6 cm³/mol. The van der Waals surface area contributed by atoms with Crippen LogP contribution in [0.25, 0.3) is 0 Å². The second kappa shape index (κ2) is 6.05. The Morgan fingerprint density at radius 3 is 3.10 bits per heavy atom. The Balaban J connectivity index is 1.67. The average Bonchev–Trinajstić information content (AvgIpc) is 3.16. The lowest BCUT2D eigenvalue weighted by atomic mass is 10.1. The van der Waals surface area contributed by atoms with Gasteiger partial charge in [-0.15, -0.1) is 0 Å². The molecular formula is C15H19N5O. The minimum absolute atomic E-state index is 0.169. The molecule has 2 aromatic rings. The number of hydrogen-bond donors (Lipinski definition) is 2. The smallest absolute Gasteiger partial charge is 0.270 e. The van der Waals surface area contributed by atoms with Crippen molar-refractivity contribution in [1.29, 1.82) is 0 Å². The molecule has 6 nitrogen and oxygen atoms in total. The first-order valence-electron chi connectivity index (χ1n) is 7.18. The maximum absolute atomic E-state index is 12.2. The number of carbonyl (C=O) groups is 1. The summed E-state index contributed by atoms with van der Waals surface area (Å²) in [4.78, 5) is 20.5. The van der Waals surface area contributed by atoms with E-state index in [0.29, 0.717) is 18.3 Å². The summed E-state index contributed by atoms with van der Waals surface area (Å²) < 4.78 is 1.88. The van der Waals surface area contributed by atoms with Crippen molar-refractivity contribution in [2.75, 3.05) is 6.54 Å². The van der Waals surface area contributed by atoms with Crippen LogP contribution in [0.1, 0.15) is 40.8 Å². The van der Waals surface area contributed by atoms with Crippen LogP contribution in [-0.4, -0.2) is 27.0 Å². The highest BCUT2D eigenvalue weighted by Crippen LogP contribution is 2.22. The van der Waals surface area contributed by atoms with Crippen molar-refractivity contribution in [3.05, 3.63) is 47.8 Å². The van der Waals surface area contributed by atoms with Gasteiger partial charge in [0, 0.05) is 31.7 Å². The van der Waals surface area contributed by atoms with Crippen molar-refractivity contribution in [3.8, 4) is 0 Å². The summed E-state index contributed by atoms with van der Waals surface area (Å²) in [7, 11) is 1.90. The number of carbonyl (C=O) groups excluding carboxylic acids is 1. The molecule has 1 saturated heterocycles. The lowest BCUT2D eigenvalue weighted by molar-refractivity contribution is 0.0944. The van der Waals surface area contributed by atoms with Gasteiger partial charge < -0.3 is 15.2 Å². The SMILES string of the molecule is Cn1ccnc1CNC(=O)c1cc(C2CCCN2)ccn1. The van der Waals surface area contributed by atoms with E-state index in [0.717, 1.165) is 24.4 Å². The highest BCUT2D eigenvalue weighted by Gasteiger charge is 2.18. The van der Waals surface area contributed by atoms with Gasteiger partial charge in [0.1, 0.15) is 11.5 Å². The summed E-state index contributed by atoms with van der Waals surface area (Å²) in [5, 5.41) is 6.28. The van der Waals surface area contributed by atoms with Gasteiger partial charge in [0.25, 0.3) is 5.91 Å². The van der Waals surface area contributed by atoms with Crippen molar-refractivity contribution in [2.24, 2.45) is 7.05 Å². The number of aromatic nitrogens is 3. The Morgan fingerprint density at radius 2 is 2.38 bits per heavy atom. The van der Waals surface area contributed by atoms with Crippen LogP contribution in [0.15, 0.2) is 30.7 Å². The summed E-state index contributed by atoms with van der Waals surface area (Å²) in [5.41, 5.74) is 1.58. The average molecular weight is 285 g/mol. The van der Waals surface area contributed by atoms with E-state index < -0.39 is 0 Å². The van der Waals surface area contributed by atoms with Gasteiger partial charge in [-0.1, -0.05) is 0 Å². The van der Waals surface area contributed by atoms with Gasteiger partial charge in [-0.05, 0) is 37.1 Å². The molecule has 1 amide bonds. The molecule has 0 aromatic carbocycles. The minimum Gasteiger partial charge on any atom is -0.343 e. The zero-order valence-corrected chi connectivity index (χ0v) is 12.0. The molecule has 3 heterocycles. The lowest BCUT2D eigenvalue weighted by Gasteiger charge is -2.11. The molecule has 1 aliphatic heterocycles. The van der Waals surface area contributed by atoms with Crippen molar-refractivity contribution in [2.45, 2.75) is 25.4 Å². The van der Waals surface area contributed by atoms with E-state index in [4.69, 9.17) is 0 Å². The molecular weight excluding hydrogens is 266 g/mol. The summed E-state index contributed by atoms with van der Waals surface area (Å²) in [5.74, 6) is 0.648. The van der Waals surface area contributed by atoms with Crippen LogP contribution in [0.5, 0.6) is 0 Å². The van der Waals surface area contributed by atoms with Crippen LogP contribution in [-0.2, 0) is 13.6 Å². The van der Waals surface area contributed by atoms with E-state index >= 15 is 0 Å². The topological polar surface area (TPSA) is 71.8 Å². The first-order valence-corrected chi connectivity index (χ1v) is 7.18. The number of imidazole rings is 1. The quantitative estimate of drug-likeness (QED) is 0.884. The predicted octanol–water partition coefficient (Wildman–Crippen LogP) is 1.17. The van der Waals surface area contributed by atoms with Gasteiger partial charge in [0.2, 0.25) is 0 Å². The first kappa shape index (κ1) is 13.8. The largest absolute Gasteiger partial charge is 0.343 e. The standard InChI is InChI=1S/C15H19N5O/c1-20-8-7-18-14(20)10-19-15(21)13-9-11(4-6-17-13)12-3-2-5-16-12/h4,6-9,12,16H,2-3,5,10H2,1H3,(H,19,21). The summed E-state index contributed by atoms with van der Waals surface area (Å²) >= 11 is 0. The van der Waals surface area contributed by atoms with Crippen molar-refractivity contribution < 1.29 is 4.79 Å². The molecule has 1 unspecified atom stereocenters. The summed E-state index contributed by atoms with van der Waals surface area (Å²) in [6.45, 7) is 1.43. The molecule has 110 valence electrons. The molecule has 3 rings (SSSR count). The van der Waals surface area contributed by atoms with Crippen LogP contribution in [0.4, 0.5) is 0 Å². The van der Waals surface area contributed by atoms with Crippen LogP contribution >= 0.6 is 0 Å². The molecule has 0 radical (unpaired) electrons. The van der Waals surface area contributed by atoms with Crippen LogP contribution in [0.2, 0.25) is 0 Å². The highest BCUT2D eigenvalue weighted by molar-refractivity contribution is 5.92. The number of rotatable bonds is 4. The van der Waals surface area contributed by atoms with E-state index in [1.165, 1.54) is 6.42 Å². The normalized spacial score (nSPS) is 17.9. The first-order chi connectivity index (χ1) is 10.2. The van der Waals surface area contributed by atoms with Crippen LogP contribution < -0.4 is 10.6 Å². The highest BCUT2D eigenvalue weighted by atomic mass is 16.1. The number of nitrogens with one attached hydrogen (secondary N) is 2. The fourth-order valence-corrected chi connectivity index (χ4v) is 2.57. The van der Waals surface area contributed by atoms with E-state index in [9.17, 15) is 4.79 Å². The Kier molecular flexibility index (Phi) is 3.96. The van der Waals surface area contributed by atoms with Gasteiger partial charge >= 0.3 is 0 Å². The van der Waals surface area contributed by atoms with Crippen LogP contribution in [0.3, 0.4) is 0 Å². The van der Waals surface area contributed by atoms with Crippen molar-refractivity contribution in [3.63, 3.8) is 0 Å². The van der Waals surface area contributed by atoms with E-state index in [1.54, 1.807) is 12.4 Å². The molecule has 1 fully saturated rings. The molecule has 2 aromatic heterocycles. The second-order valence-electron chi connectivity index (χ2n) is 5.26. The van der Waals surface area contributed by atoms with Gasteiger partial charge in [0.15, 0.2) is 0 Å². The fourth-order valence-electron chi connectivity index (χ4n) is 2.57. The molecule has 6 heteroatoms. The maximum atomic E-state index is 12.2.